The monoisotopic (exact) mass is 419 g/mol. The van der Waals surface area contributed by atoms with Crippen molar-refractivity contribution >= 4 is 28.6 Å². The summed E-state index contributed by atoms with van der Waals surface area (Å²) in [4.78, 5) is 35.6. The zero-order valence-corrected chi connectivity index (χ0v) is 17.6. The summed E-state index contributed by atoms with van der Waals surface area (Å²) in [6.07, 6.45) is 2.66. The van der Waals surface area contributed by atoms with E-state index in [2.05, 4.69) is 20.3 Å². The molecule has 0 saturated heterocycles. The van der Waals surface area contributed by atoms with Crippen LogP contribution in [0.15, 0.2) is 36.8 Å². The van der Waals surface area contributed by atoms with E-state index in [1.54, 1.807) is 6.92 Å². The molecule has 158 valence electrons. The van der Waals surface area contributed by atoms with E-state index in [-0.39, 0.29) is 18.3 Å². The highest BCUT2D eigenvalue weighted by atomic mass is 16.6. The lowest BCUT2D eigenvalue weighted by Crippen LogP contribution is -2.20. The van der Waals surface area contributed by atoms with E-state index in [0.717, 1.165) is 27.9 Å². The first kappa shape index (κ1) is 20.2. The maximum atomic E-state index is 12.7. The molecule has 10 heteroatoms. The fraction of sp³-hybridized carbons (Fsp3) is 0.238. The Bertz CT molecular complexity index is 1320. The molecule has 4 rings (SSSR count). The average Bonchev–Trinajstić information content (AvgIpc) is 3.21. The normalized spacial score (nSPS) is 11.1. The van der Waals surface area contributed by atoms with Crippen molar-refractivity contribution < 1.29 is 9.72 Å². The molecule has 0 saturated carbocycles. The van der Waals surface area contributed by atoms with Crippen LogP contribution in [-0.2, 0) is 11.3 Å². The van der Waals surface area contributed by atoms with E-state index < -0.39 is 4.92 Å². The number of aromatic nitrogens is 5. The molecule has 1 aromatic carbocycles. The van der Waals surface area contributed by atoms with E-state index in [1.807, 2.05) is 49.6 Å². The molecule has 1 amide bonds. The topological polar surface area (TPSA) is 121 Å². The number of carbonyl (C=O) groups is 1. The number of benzene rings is 1. The van der Waals surface area contributed by atoms with Crippen LogP contribution in [0.25, 0.3) is 16.7 Å². The van der Waals surface area contributed by atoms with Crippen LogP contribution in [0.5, 0.6) is 0 Å². The van der Waals surface area contributed by atoms with Crippen molar-refractivity contribution in [2.45, 2.75) is 34.2 Å². The largest absolute Gasteiger partial charge is 0.381 e. The molecule has 0 aliphatic rings. The number of anilines is 1. The van der Waals surface area contributed by atoms with Gasteiger partial charge < -0.3 is 15.4 Å². The van der Waals surface area contributed by atoms with Crippen molar-refractivity contribution in [2.75, 3.05) is 5.32 Å². The maximum absolute atomic E-state index is 12.7. The predicted octanol–water partition coefficient (Wildman–Crippen LogP) is 3.40. The highest BCUT2D eigenvalue weighted by Gasteiger charge is 2.20. The summed E-state index contributed by atoms with van der Waals surface area (Å²) in [5.74, 6) is 0.118. The minimum absolute atomic E-state index is 0.116. The zero-order chi connectivity index (χ0) is 22.3. The molecule has 0 aliphatic heterocycles. The third-order valence-electron chi connectivity index (χ3n) is 5.31. The number of imidazole rings is 1. The quantitative estimate of drug-likeness (QED) is 0.391. The number of nitrogens with one attached hydrogen (secondary N) is 1. The van der Waals surface area contributed by atoms with Crippen molar-refractivity contribution in [2.24, 2.45) is 0 Å². The summed E-state index contributed by atoms with van der Waals surface area (Å²) in [6.45, 7) is 7.48. The van der Waals surface area contributed by atoms with Gasteiger partial charge in [0.25, 0.3) is 0 Å². The Kier molecular flexibility index (Phi) is 4.97. The van der Waals surface area contributed by atoms with Crippen LogP contribution in [0.2, 0.25) is 0 Å². The number of hydrogen-bond acceptors (Lipinski definition) is 6. The molecule has 0 unspecified atom stereocenters. The number of fused-ring (bicyclic) bond motifs is 1. The van der Waals surface area contributed by atoms with Crippen molar-refractivity contribution in [1.29, 1.82) is 0 Å². The maximum Gasteiger partial charge on any atom is 0.381 e. The molecule has 0 bridgehead atoms. The fourth-order valence-corrected chi connectivity index (χ4v) is 3.57. The van der Waals surface area contributed by atoms with Crippen molar-refractivity contribution in [3.05, 3.63) is 69.5 Å². The van der Waals surface area contributed by atoms with Gasteiger partial charge in [0, 0.05) is 18.3 Å². The minimum Gasteiger partial charge on any atom is -0.358 e. The SMILES string of the molecule is Cc1ccc(-n2c(C)c(C)c3c(NC(=O)Cn4cc([N+](=O)[O-])nc4C)ncnc32)cc1. The van der Waals surface area contributed by atoms with E-state index >= 15 is 0 Å². The van der Waals surface area contributed by atoms with Crippen LogP contribution in [0.4, 0.5) is 11.6 Å². The Hall–Kier alpha value is -4.08. The van der Waals surface area contributed by atoms with E-state index in [1.165, 1.54) is 17.1 Å². The van der Waals surface area contributed by atoms with Crippen LogP contribution in [0, 0.1) is 37.8 Å². The first-order valence-electron chi connectivity index (χ1n) is 9.64. The van der Waals surface area contributed by atoms with Gasteiger partial charge in [-0.15, -0.1) is 0 Å². The van der Waals surface area contributed by atoms with Gasteiger partial charge in [0.05, 0.1) is 5.39 Å². The number of carbonyl (C=O) groups excluding carboxylic acids is 1. The van der Waals surface area contributed by atoms with Gasteiger partial charge in [0.15, 0.2) is 5.65 Å². The van der Waals surface area contributed by atoms with Crippen LogP contribution >= 0.6 is 0 Å². The van der Waals surface area contributed by atoms with E-state index in [9.17, 15) is 14.9 Å². The Morgan fingerprint density at radius 3 is 2.48 bits per heavy atom. The van der Waals surface area contributed by atoms with Gasteiger partial charge in [-0.05, 0) is 48.4 Å². The van der Waals surface area contributed by atoms with Gasteiger partial charge in [-0.1, -0.05) is 17.7 Å². The number of nitro groups is 1. The Morgan fingerprint density at radius 2 is 1.84 bits per heavy atom. The molecule has 4 aromatic rings. The van der Waals surface area contributed by atoms with Crippen molar-refractivity contribution in [3.8, 4) is 5.69 Å². The highest BCUT2D eigenvalue weighted by molar-refractivity contribution is 6.01. The van der Waals surface area contributed by atoms with Gasteiger partial charge in [0.1, 0.15) is 24.9 Å². The zero-order valence-electron chi connectivity index (χ0n) is 17.6. The summed E-state index contributed by atoms with van der Waals surface area (Å²) in [6, 6.07) is 8.12. The molecule has 0 aliphatic carbocycles. The molecule has 31 heavy (non-hydrogen) atoms. The number of hydrogen-bond donors (Lipinski definition) is 1. The second kappa shape index (κ2) is 7.63. The van der Waals surface area contributed by atoms with Crippen LogP contribution in [0.3, 0.4) is 0 Å². The van der Waals surface area contributed by atoms with Crippen LogP contribution < -0.4 is 5.32 Å². The third kappa shape index (κ3) is 3.63. The lowest BCUT2D eigenvalue weighted by molar-refractivity contribution is -0.389. The number of rotatable bonds is 5. The molecule has 3 aromatic heterocycles. The van der Waals surface area contributed by atoms with Crippen molar-refractivity contribution in [1.82, 2.24) is 24.1 Å². The summed E-state index contributed by atoms with van der Waals surface area (Å²) in [5.41, 5.74) is 4.78. The molecule has 1 N–H and O–H groups in total. The second-order valence-electron chi connectivity index (χ2n) is 7.38. The van der Waals surface area contributed by atoms with Gasteiger partial charge in [-0.2, -0.15) is 0 Å². The first-order valence-corrected chi connectivity index (χ1v) is 9.64. The van der Waals surface area contributed by atoms with Crippen LogP contribution in [0.1, 0.15) is 22.6 Å². The highest BCUT2D eigenvalue weighted by Crippen LogP contribution is 2.31. The lowest BCUT2D eigenvalue weighted by atomic mass is 10.2. The Labute approximate surface area is 177 Å². The standard InChI is InChI=1S/C21H21N7O3/c1-12-5-7-16(8-6-12)27-14(3)13(2)19-20(22-11-23-21(19)27)25-18(29)10-26-9-17(28(30)31)24-15(26)4/h5-9,11H,10H2,1-4H3,(H,22,23,25,29). The predicted molar refractivity (Wildman–Crippen MR) is 115 cm³/mol. The van der Waals surface area contributed by atoms with Gasteiger partial charge in [0.2, 0.25) is 11.7 Å². The molecule has 10 nitrogen and oxygen atoms in total. The number of amides is 1. The summed E-state index contributed by atoms with van der Waals surface area (Å²) in [7, 11) is 0. The molecular weight excluding hydrogens is 398 g/mol. The molecule has 0 atom stereocenters. The van der Waals surface area contributed by atoms with E-state index in [4.69, 9.17) is 0 Å². The lowest BCUT2D eigenvalue weighted by Gasteiger charge is -2.09. The Morgan fingerprint density at radius 1 is 1.13 bits per heavy atom. The average molecular weight is 419 g/mol. The summed E-state index contributed by atoms with van der Waals surface area (Å²) >= 11 is 0. The molecule has 0 radical (unpaired) electrons. The molecular formula is C21H21N7O3. The van der Waals surface area contributed by atoms with Crippen molar-refractivity contribution in [3.63, 3.8) is 0 Å². The second-order valence-corrected chi connectivity index (χ2v) is 7.38. The summed E-state index contributed by atoms with van der Waals surface area (Å²) < 4.78 is 3.46. The van der Waals surface area contributed by atoms with Gasteiger partial charge in [-0.25, -0.2) is 9.97 Å². The van der Waals surface area contributed by atoms with Gasteiger partial charge in [-0.3, -0.25) is 13.9 Å². The summed E-state index contributed by atoms with van der Waals surface area (Å²) in [5, 5.41) is 14.5. The number of aryl methyl sites for hydroxylation is 3. The number of nitrogens with zero attached hydrogens (tertiary/aromatic N) is 6. The molecule has 0 fully saturated rings. The smallest absolute Gasteiger partial charge is 0.358 e. The fourth-order valence-electron chi connectivity index (χ4n) is 3.57. The first-order chi connectivity index (χ1) is 14.8. The Balaban J connectivity index is 1.69. The van der Waals surface area contributed by atoms with Gasteiger partial charge >= 0.3 is 5.82 Å². The molecule has 3 heterocycles. The molecule has 0 spiro atoms. The third-order valence-corrected chi connectivity index (χ3v) is 5.31. The minimum atomic E-state index is -0.588. The van der Waals surface area contributed by atoms with E-state index in [0.29, 0.717) is 17.3 Å². The van der Waals surface area contributed by atoms with Crippen LogP contribution in [-0.4, -0.2) is 34.9 Å².